The average Bonchev–Trinajstić information content (AvgIpc) is 2.42. The smallest absolute Gasteiger partial charge is 0.410 e. The molecule has 0 spiro atoms. The van der Waals surface area contributed by atoms with Gasteiger partial charge in [0.05, 0.1) is 0 Å². The van der Waals surface area contributed by atoms with Gasteiger partial charge in [0, 0.05) is 0 Å². The van der Waals surface area contributed by atoms with Crippen molar-refractivity contribution in [3.63, 3.8) is 0 Å². The van der Waals surface area contributed by atoms with Gasteiger partial charge in [-0.1, -0.05) is 6.07 Å². The van der Waals surface area contributed by atoms with Gasteiger partial charge in [-0.05, 0) is 20.8 Å². The molecule has 13 heteroatoms. The molecule has 0 bridgehead atoms. The second-order valence-corrected chi connectivity index (χ2v) is 5.29. The van der Waals surface area contributed by atoms with Crippen molar-refractivity contribution in [3.8, 4) is 0 Å². The zero-order valence-corrected chi connectivity index (χ0v) is 21.1. The number of nitrogens with one attached hydrogen (secondary N) is 4. The van der Waals surface area contributed by atoms with Crippen molar-refractivity contribution in [2.75, 3.05) is 0 Å². The number of carbonyl (C=O) groups excluding carboxylic acids is 2. The fraction of sp³-hybridized carbons (Fsp3) is 0. The first-order valence-corrected chi connectivity index (χ1v) is 6.55. The van der Waals surface area contributed by atoms with E-state index < -0.39 is 11.8 Å². The third-order valence-electron chi connectivity index (χ3n) is 1.77. The zero-order chi connectivity index (χ0) is 15.1. The molecule has 106 valence electrons. The summed E-state index contributed by atoms with van der Waals surface area (Å²) in [5.74, 6) is -1.17. The molecule has 0 aliphatic carbocycles. The summed E-state index contributed by atoms with van der Waals surface area (Å²) in [6.07, 6.45) is 0. The number of amides is 2. The summed E-state index contributed by atoms with van der Waals surface area (Å²) in [4.78, 5) is 27.2. The topological polar surface area (TPSA) is 95.2 Å². The van der Waals surface area contributed by atoms with Crippen molar-refractivity contribution in [2.45, 2.75) is 0 Å². The van der Waals surface area contributed by atoms with Gasteiger partial charge in [0.25, 0.3) is 11.8 Å². The Hall–Kier alpha value is 1.58. The summed E-state index contributed by atoms with van der Waals surface area (Å²) >= 11 is 18.3. The molecule has 22 heavy (non-hydrogen) atoms. The van der Waals surface area contributed by atoms with E-state index in [2.05, 4.69) is 76.4 Å². The van der Waals surface area contributed by atoms with E-state index in [9.17, 15) is 9.59 Å². The summed E-state index contributed by atoms with van der Waals surface area (Å²) in [6.45, 7) is 0. The zero-order valence-electron chi connectivity index (χ0n) is 11.6. The van der Waals surface area contributed by atoms with Crippen LogP contribution in [0.1, 0.15) is 21.0 Å². The van der Waals surface area contributed by atoms with Crippen LogP contribution in [0.15, 0.2) is 18.2 Å². The molecule has 0 radical (unpaired) electrons. The second-order valence-electron chi connectivity index (χ2n) is 3.14. The van der Waals surface area contributed by atoms with E-state index in [1.54, 1.807) is 0 Å². The number of nitrogens with zero attached hydrogens (tertiary/aromatic N) is 1. The van der Waals surface area contributed by atoms with Gasteiger partial charge in [0.15, 0.2) is 0 Å². The third kappa shape index (κ3) is 10.4. The molecule has 0 aliphatic heterocycles. The maximum Gasteiger partial charge on any atom is 1.00 e. The first kappa shape index (κ1) is 25.8. The Labute approximate surface area is 233 Å². The molecule has 0 aromatic carbocycles. The van der Waals surface area contributed by atoms with E-state index in [1.807, 2.05) is 0 Å². The van der Waals surface area contributed by atoms with Crippen LogP contribution in [0, 0.1) is 0 Å². The quantitative estimate of drug-likeness (QED) is 0.160. The van der Waals surface area contributed by atoms with Crippen LogP contribution in [0.5, 0.6) is 0 Å². The van der Waals surface area contributed by atoms with Crippen molar-refractivity contribution >= 4 is 70.1 Å². The second kappa shape index (κ2) is 13.8. The largest absolute Gasteiger partial charge is 1.00 e. The van der Waals surface area contributed by atoms with Crippen LogP contribution >= 0.6 is 24.4 Å². The monoisotopic (exact) mass is 423 g/mol. The number of pyridine rings is 1. The Kier molecular flexibility index (Phi) is 16.2. The van der Waals surface area contributed by atoms with Crippen molar-refractivity contribution in [1.82, 2.24) is 26.7 Å². The fourth-order valence-corrected chi connectivity index (χ4v) is 1.24. The molecule has 0 unspecified atom stereocenters. The normalized spacial score (nSPS) is 8.36. The summed E-state index contributed by atoms with van der Waals surface area (Å²) in [6, 6.07) is 4.34. The Bertz CT molecular complexity index is 529. The Morgan fingerprint density at radius 2 is 1.23 bits per heavy atom. The van der Waals surface area contributed by atoms with Gasteiger partial charge in [0.2, 0.25) is 0 Å². The van der Waals surface area contributed by atoms with Gasteiger partial charge in [0.1, 0.15) is 11.4 Å². The minimum absolute atomic E-state index is 0. The summed E-state index contributed by atoms with van der Waals surface area (Å²) in [7, 11) is 0. The number of thiocarbonyl (C=S) groups is 2. The van der Waals surface area contributed by atoms with Crippen LogP contribution < -0.4 is 124 Å². The van der Waals surface area contributed by atoms with Crippen molar-refractivity contribution < 1.29 is 112 Å². The molecule has 7 nitrogen and oxygen atoms in total. The molecule has 1 aromatic heterocycles. The van der Waals surface area contributed by atoms with E-state index in [0.717, 1.165) is 0 Å². The van der Waals surface area contributed by atoms with E-state index in [0.29, 0.717) is 0 Å². The van der Waals surface area contributed by atoms with Crippen LogP contribution in [0.4, 0.5) is 0 Å². The minimum Gasteiger partial charge on any atom is -0.410 e. The number of aromatic nitrogens is 1. The minimum atomic E-state index is -0.585. The van der Waals surface area contributed by atoms with Crippen LogP contribution in [0.25, 0.3) is 0 Å². The van der Waals surface area contributed by atoms with Crippen LogP contribution in [0.2, 0.25) is 0 Å². The molecule has 4 N–H and O–H groups in total. The Balaban J connectivity index is 0. The Morgan fingerprint density at radius 1 is 0.864 bits per heavy atom. The van der Waals surface area contributed by atoms with E-state index in [1.165, 1.54) is 18.2 Å². The molecule has 0 aliphatic rings. The number of carbonyl (C=O) groups is 2. The molecule has 1 rings (SSSR count). The van der Waals surface area contributed by atoms with Crippen molar-refractivity contribution in [2.24, 2.45) is 0 Å². The summed E-state index contributed by atoms with van der Waals surface area (Å²) < 4.78 is -0.0363. The molecule has 0 fully saturated rings. The standard InChI is InChI=1S/C9H9N5O2S4.2K/c15-6(11-13-8(17)18)4-2-1-3-5(10-4)7(16)12-14-9(19)20;;/h1-3H,(H,11,15)(H,12,16)(H2,13,17,18)(H2,14,19,20);;/q;2*+1/p-2. The number of hydrogen-bond donors (Lipinski definition) is 4. The van der Waals surface area contributed by atoms with E-state index in [-0.39, 0.29) is 123 Å². The van der Waals surface area contributed by atoms with E-state index >= 15 is 0 Å². The van der Waals surface area contributed by atoms with E-state index in [4.69, 9.17) is 0 Å². The molecule has 0 saturated carbocycles. The fourth-order valence-electron chi connectivity index (χ4n) is 1.03. The number of rotatable bonds is 2. The van der Waals surface area contributed by atoms with Gasteiger partial charge >= 0.3 is 103 Å². The first-order valence-electron chi connectivity index (χ1n) is 4.92. The number of hydrogen-bond acceptors (Lipinski definition) is 7. The molecule has 2 amide bonds. The van der Waals surface area contributed by atoms with Gasteiger partial charge in [-0.2, -0.15) is 0 Å². The van der Waals surface area contributed by atoms with Crippen LogP contribution in [0.3, 0.4) is 0 Å². The molecule has 1 heterocycles. The van der Waals surface area contributed by atoms with Crippen LogP contribution in [-0.2, 0) is 25.3 Å². The maximum atomic E-state index is 11.7. The van der Waals surface area contributed by atoms with Gasteiger partial charge < -0.3 is 60.5 Å². The predicted octanol–water partition coefficient (Wildman–Crippen LogP) is -6.78. The summed E-state index contributed by atoms with van der Waals surface area (Å²) in [5, 5.41) is 0. The maximum absolute atomic E-state index is 11.7. The SMILES string of the molecule is O=C(NNC(=S)[S-])c1cccc(C(=O)NNC(=S)[S-])n1.[K+].[K+]. The van der Waals surface area contributed by atoms with Crippen molar-refractivity contribution in [1.29, 1.82) is 0 Å². The average molecular weight is 424 g/mol. The first-order chi connectivity index (χ1) is 9.40. The Morgan fingerprint density at radius 3 is 1.55 bits per heavy atom. The molecule has 0 atom stereocenters. The molecule has 1 aromatic rings. The predicted molar refractivity (Wildman–Crippen MR) is 85.4 cm³/mol. The molecular formula is C9H7K2N5O2S4. The van der Waals surface area contributed by atoms with Gasteiger partial charge in [-0.15, -0.1) is 0 Å². The third-order valence-corrected chi connectivity index (χ3v) is 2.18. The van der Waals surface area contributed by atoms with Gasteiger partial charge in [-0.25, -0.2) is 4.98 Å². The molecule has 0 saturated heterocycles. The number of hydrazine groups is 2. The molecular weight excluding hydrogens is 417 g/mol. The van der Waals surface area contributed by atoms with Gasteiger partial charge in [-0.3, -0.25) is 20.4 Å². The van der Waals surface area contributed by atoms with Crippen molar-refractivity contribution in [3.05, 3.63) is 29.6 Å². The van der Waals surface area contributed by atoms with Crippen LogP contribution in [-0.4, -0.2) is 25.4 Å². The summed E-state index contributed by atoms with van der Waals surface area (Å²) in [5.41, 5.74) is 9.08.